The molecule has 0 atom stereocenters. The van der Waals surface area contributed by atoms with Crippen molar-refractivity contribution >= 4 is 12.0 Å². The average Bonchev–Trinajstić information content (AvgIpc) is 2.64. The smallest absolute Gasteiger partial charge is 0.416 e. The molecule has 138 valence electrons. The number of rotatable bonds is 6. The minimum absolute atomic E-state index is 0.0116. The molecular formula is C19H18F3NO3. The van der Waals surface area contributed by atoms with Crippen molar-refractivity contribution in [1.82, 2.24) is 5.32 Å². The Morgan fingerprint density at radius 1 is 1.12 bits per heavy atom. The average molecular weight is 365 g/mol. The highest BCUT2D eigenvalue weighted by Gasteiger charge is 2.30. The molecule has 0 fully saturated rings. The maximum Gasteiger partial charge on any atom is 0.416 e. The lowest BCUT2D eigenvalue weighted by atomic mass is 10.1. The second kappa shape index (κ2) is 8.42. The van der Waals surface area contributed by atoms with Crippen LogP contribution >= 0.6 is 0 Å². The van der Waals surface area contributed by atoms with E-state index < -0.39 is 17.6 Å². The topological polar surface area (TPSA) is 47.6 Å². The third-order valence-electron chi connectivity index (χ3n) is 3.57. The molecule has 0 spiro atoms. The zero-order chi connectivity index (χ0) is 19.2. The van der Waals surface area contributed by atoms with Gasteiger partial charge in [0.15, 0.2) is 0 Å². The molecule has 0 aliphatic carbocycles. The Kier molecular flexibility index (Phi) is 6.27. The predicted molar refractivity (Wildman–Crippen MR) is 91.9 cm³/mol. The number of carbonyl (C=O) groups excluding carboxylic acids is 1. The van der Waals surface area contributed by atoms with E-state index in [0.29, 0.717) is 22.6 Å². The van der Waals surface area contributed by atoms with Crippen LogP contribution in [0, 0.1) is 0 Å². The monoisotopic (exact) mass is 365 g/mol. The standard InChI is InChI=1S/C19H18F3NO3/c1-25-16-7-8-17(26-2)14(11-16)6-9-18(24)23-12-13-4-3-5-15(10-13)19(20,21)22/h3-11H,12H2,1-2H3,(H,23,24)/b9-6+. The molecule has 0 unspecified atom stereocenters. The first-order valence-corrected chi connectivity index (χ1v) is 7.67. The van der Waals surface area contributed by atoms with Crippen molar-refractivity contribution in [3.63, 3.8) is 0 Å². The van der Waals surface area contributed by atoms with Crippen molar-refractivity contribution in [2.45, 2.75) is 12.7 Å². The fourth-order valence-corrected chi connectivity index (χ4v) is 2.24. The molecule has 0 saturated carbocycles. The summed E-state index contributed by atoms with van der Waals surface area (Å²) in [7, 11) is 3.03. The van der Waals surface area contributed by atoms with Gasteiger partial charge in [0.1, 0.15) is 11.5 Å². The number of carbonyl (C=O) groups is 1. The first-order valence-electron chi connectivity index (χ1n) is 7.67. The van der Waals surface area contributed by atoms with Gasteiger partial charge in [-0.2, -0.15) is 13.2 Å². The summed E-state index contributed by atoms with van der Waals surface area (Å²) in [6.45, 7) is -0.0116. The van der Waals surface area contributed by atoms with Crippen LogP contribution in [-0.4, -0.2) is 20.1 Å². The fourth-order valence-electron chi connectivity index (χ4n) is 2.24. The van der Waals surface area contributed by atoms with Gasteiger partial charge in [-0.3, -0.25) is 4.79 Å². The number of amides is 1. The van der Waals surface area contributed by atoms with Crippen LogP contribution < -0.4 is 14.8 Å². The largest absolute Gasteiger partial charge is 0.497 e. The number of methoxy groups -OCH3 is 2. The first kappa shape index (κ1) is 19.4. The number of benzene rings is 2. The number of hydrogen-bond acceptors (Lipinski definition) is 3. The molecule has 26 heavy (non-hydrogen) atoms. The van der Waals surface area contributed by atoms with E-state index in [2.05, 4.69) is 5.32 Å². The molecule has 1 amide bonds. The van der Waals surface area contributed by atoms with Gasteiger partial charge in [-0.25, -0.2) is 0 Å². The van der Waals surface area contributed by atoms with Crippen molar-refractivity contribution in [3.8, 4) is 11.5 Å². The van der Waals surface area contributed by atoms with Crippen molar-refractivity contribution < 1.29 is 27.4 Å². The summed E-state index contributed by atoms with van der Waals surface area (Å²) in [5, 5.41) is 2.55. The zero-order valence-electron chi connectivity index (χ0n) is 14.3. The van der Waals surface area contributed by atoms with E-state index in [-0.39, 0.29) is 6.54 Å². The Morgan fingerprint density at radius 2 is 1.88 bits per heavy atom. The van der Waals surface area contributed by atoms with Crippen LogP contribution in [0.5, 0.6) is 11.5 Å². The number of nitrogens with one attached hydrogen (secondary N) is 1. The van der Waals surface area contributed by atoms with E-state index in [1.54, 1.807) is 24.3 Å². The normalized spacial score (nSPS) is 11.4. The van der Waals surface area contributed by atoms with E-state index in [4.69, 9.17) is 9.47 Å². The van der Waals surface area contributed by atoms with Crippen LogP contribution in [0.1, 0.15) is 16.7 Å². The van der Waals surface area contributed by atoms with Crippen LogP contribution in [-0.2, 0) is 17.5 Å². The summed E-state index contributed by atoms with van der Waals surface area (Å²) in [6.07, 6.45) is -1.59. The van der Waals surface area contributed by atoms with Gasteiger partial charge < -0.3 is 14.8 Å². The highest BCUT2D eigenvalue weighted by atomic mass is 19.4. The highest BCUT2D eigenvalue weighted by molar-refractivity contribution is 5.92. The molecular weight excluding hydrogens is 347 g/mol. The molecule has 2 aromatic carbocycles. The van der Waals surface area contributed by atoms with Gasteiger partial charge in [-0.05, 0) is 42.0 Å². The Morgan fingerprint density at radius 3 is 2.54 bits per heavy atom. The minimum atomic E-state index is -4.41. The van der Waals surface area contributed by atoms with E-state index in [9.17, 15) is 18.0 Å². The Labute approximate surface area is 149 Å². The molecule has 0 bridgehead atoms. The lowest BCUT2D eigenvalue weighted by Gasteiger charge is -2.09. The molecule has 0 saturated heterocycles. The van der Waals surface area contributed by atoms with Crippen LogP contribution in [0.25, 0.3) is 6.08 Å². The Bertz CT molecular complexity index is 801. The van der Waals surface area contributed by atoms with Crippen molar-refractivity contribution in [2.24, 2.45) is 0 Å². The van der Waals surface area contributed by atoms with Gasteiger partial charge in [-0.15, -0.1) is 0 Å². The van der Waals surface area contributed by atoms with Crippen LogP contribution in [0.15, 0.2) is 48.5 Å². The van der Waals surface area contributed by atoms with E-state index in [1.807, 2.05) is 0 Å². The molecule has 0 radical (unpaired) electrons. The lowest BCUT2D eigenvalue weighted by molar-refractivity contribution is -0.137. The summed E-state index contributed by atoms with van der Waals surface area (Å²) in [5.41, 5.74) is 0.252. The van der Waals surface area contributed by atoms with Crippen molar-refractivity contribution in [3.05, 3.63) is 65.2 Å². The quantitative estimate of drug-likeness (QED) is 0.786. The van der Waals surface area contributed by atoms with Crippen molar-refractivity contribution in [1.29, 1.82) is 0 Å². The number of ether oxygens (including phenoxy) is 2. The minimum Gasteiger partial charge on any atom is -0.497 e. The van der Waals surface area contributed by atoms with Gasteiger partial charge in [0.2, 0.25) is 5.91 Å². The number of hydrogen-bond donors (Lipinski definition) is 1. The summed E-state index contributed by atoms with van der Waals surface area (Å²) in [6, 6.07) is 9.96. The maximum atomic E-state index is 12.7. The molecule has 4 nitrogen and oxygen atoms in total. The molecule has 1 N–H and O–H groups in total. The number of halogens is 3. The molecule has 0 aliphatic heterocycles. The molecule has 2 rings (SSSR count). The third-order valence-corrected chi connectivity index (χ3v) is 3.57. The third kappa shape index (κ3) is 5.27. The molecule has 7 heteroatoms. The van der Waals surface area contributed by atoms with Crippen LogP contribution in [0.2, 0.25) is 0 Å². The Balaban J connectivity index is 2.02. The molecule has 0 aromatic heterocycles. The molecule has 0 heterocycles. The molecule has 2 aromatic rings. The summed E-state index contributed by atoms with van der Waals surface area (Å²) < 4.78 is 48.4. The summed E-state index contributed by atoms with van der Waals surface area (Å²) >= 11 is 0. The van der Waals surface area contributed by atoms with Crippen molar-refractivity contribution in [2.75, 3.05) is 14.2 Å². The summed E-state index contributed by atoms with van der Waals surface area (Å²) in [5.74, 6) is 0.731. The number of alkyl halides is 3. The van der Waals surface area contributed by atoms with Gasteiger partial charge >= 0.3 is 6.18 Å². The highest BCUT2D eigenvalue weighted by Crippen LogP contribution is 2.29. The second-order valence-electron chi connectivity index (χ2n) is 5.36. The fraction of sp³-hybridized carbons (Fsp3) is 0.211. The van der Waals surface area contributed by atoms with Gasteiger partial charge in [0.25, 0.3) is 0 Å². The second-order valence-corrected chi connectivity index (χ2v) is 5.36. The van der Waals surface area contributed by atoms with Gasteiger partial charge in [0.05, 0.1) is 19.8 Å². The van der Waals surface area contributed by atoms with E-state index in [0.717, 1.165) is 12.1 Å². The summed E-state index contributed by atoms with van der Waals surface area (Å²) in [4.78, 5) is 11.9. The van der Waals surface area contributed by atoms with E-state index >= 15 is 0 Å². The lowest BCUT2D eigenvalue weighted by Crippen LogP contribution is -2.20. The maximum absolute atomic E-state index is 12.7. The predicted octanol–water partition coefficient (Wildman–Crippen LogP) is 4.05. The van der Waals surface area contributed by atoms with Crippen LogP contribution in [0.3, 0.4) is 0 Å². The SMILES string of the molecule is COc1ccc(OC)c(/C=C/C(=O)NCc2cccc(C(F)(F)F)c2)c1. The van der Waals surface area contributed by atoms with Gasteiger partial charge in [0, 0.05) is 18.2 Å². The van der Waals surface area contributed by atoms with E-state index in [1.165, 1.54) is 32.4 Å². The molecule has 0 aliphatic rings. The Hall–Kier alpha value is -2.96. The van der Waals surface area contributed by atoms with Crippen LogP contribution in [0.4, 0.5) is 13.2 Å². The first-order chi connectivity index (χ1) is 12.3. The zero-order valence-corrected chi connectivity index (χ0v) is 14.3. The van der Waals surface area contributed by atoms with Gasteiger partial charge in [-0.1, -0.05) is 12.1 Å².